The van der Waals surface area contributed by atoms with E-state index in [1.165, 1.54) is 0 Å². The van der Waals surface area contributed by atoms with E-state index in [0.29, 0.717) is 5.75 Å². The predicted molar refractivity (Wildman–Crippen MR) is 82.4 cm³/mol. The Bertz CT molecular complexity index is 613. The predicted octanol–water partition coefficient (Wildman–Crippen LogP) is 2.81. The summed E-state index contributed by atoms with van der Waals surface area (Å²) in [6.07, 6.45) is 0. The molecule has 0 aromatic heterocycles. The van der Waals surface area contributed by atoms with Gasteiger partial charge >= 0.3 is 0 Å². The Hall–Kier alpha value is -1.65. The van der Waals surface area contributed by atoms with Gasteiger partial charge in [-0.25, -0.2) is 0 Å². The largest absolute Gasteiger partial charge is 0.497 e. The number of hydrogen-bond donors (Lipinski definition) is 1. The lowest BCUT2D eigenvalue weighted by atomic mass is 10.1. The van der Waals surface area contributed by atoms with Crippen molar-refractivity contribution in [2.75, 3.05) is 12.9 Å². The highest BCUT2D eigenvalue weighted by Gasteiger charge is 2.13. The monoisotopic (exact) mass is 289 g/mol. The Morgan fingerprint density at radius 1 is 1.20 bits per heavy atom. The van der Waals surface area contributed by atoms with Gasteiger partial charge in [-0.15, -0.1) is 0 Å². The molecule has 0 saturated carbocycles. The maximum absolute atomic E-state index is 12.3. The van der Waals surface area contributed by atoms with Gasteiger partial charge in [0.1, 0.15) is 5.75 Å². The molecule has 0 fully saturated rings. The number of aryl methyl sites for hydroxylation is 1. The lowest BCUT2D eigenvalue weighted by Gasteiger charge is -2.13. The minimum Gasteiger partial charge on any atom is -0.497 e. The van der Waals surface area contributed by atoms with Crippen molar-refractivity contribution < 1.29 is 8.95 Å². The third-order valence-corrected chi connectivity index (χ3v) is 4.55. The molecule has 2 aromatic rings. The van der Waals surface area contributed by atoms with Gasteiger partial charge in [0.05, 0.1) is 17.9 Å². The van der Waals surface area contributed by atoms with Crippen molar-refractivity contribution >= 4 is 10.8 Å². The molecule has 2 atom stereocenters. The van der Waals surface area contributed by atoms with Gasteiger partial charge < -0.3 is 10.5 Å². The van der Waals surface area contributed by atoms with Crippen LogP contribution in [0.4, 0.5) is 0 Å². The first-order chi connectivity index (χ1) is 9.60. The smallest absolute Gasteiger partial charge is 0.119 e. The summed E-state index contributed by atoms with van der Waals surface area (Å²) in [5.74, 6) is 1.16. The zero-order valence-corrected chi connectivity index (χ0v) is 12.5. The molecule has 0 saturated heterocycles. The first kappa shape index (κ1) is 14.8. The third-order valence-electron chi connectivity index (χ3n) is 3.11. The zero-order chi connectivity index (χ0) is 14.5. The Kier molecular flexibility index (Phi) is 4.93. The van der Waals surface area contributed by atoms with Gasteiger partial charge in [-0.2, -0.15) is 0 Å². The van der Waals surface area contributed by atoms with E-state index in [1.54, 1.807) is 7.11 Å². The van der Waals surface area contributed by atoms with E-state index in [4.69, 9.17) is 10.5 Å². The van der Waals surface area contributed by atoms with Crippen LogP contribution in [-0.2, 0) is 10.8 Å². The lowest BCUT2D eigenvalue weighted by molar-refractivity contribution is 0.414. The molecule has 2 N–H and O–H groups in total. The summed E-state index contributed by atoms with van der Waals surface area (Å²) in [6, 6.07) is 15.0. The number of benzene rings is 2. The van der Waals surface area contributed by atoms with E-state index >= 15 is 0 Å². The molecule has 0 aliphatic carbocycles. The van der Waals surface area contributed by atoms with Gasteiger partial charge in [0.15, 0.2) is 0 Å². The second kappa shape index (κ2) is 6.68. The molecule has 0 amide bonds. The van der Waals surface area contributed by atoms with Gasteiger partial charge in [-0.1, -0.05) is 24.3 Å². The highest BCUT2D eigenvalue weighted by Crippen LogP contribution is 2.20. The summed E-state index contributed by atoms with van der Waals surface area (Å²) in [6.45, 7) is 1.99. The second-order valence-corrected chi connectivity index (χ2v) is 6.21. The van der Waals surface area contributed by atoms with Gasteiger partial charge in [0.25, 0.3) is 0 Å². The highest BCUT2D eigenvalue weighted by atomic mass is 32.2. The van der Waals surface area contributed by atoms with Crippen molar-refractivity contribution in [2.24, 2.45) is 5.73 Å². The minimum atomic E-state index is -1.10. The van der Waals surface area contributed by atoms with Crippen LogP contribution in [0.1, 0.15) is 17.2 Å². The van der Waals surface area contributed by atoms with Crippen molar-refractivity contribution in [1.82, 2.24) is 0 Å². The van der Waals surface area contributed by atoms with E-state index in [0.717, 1.165) is 21.8 Å². The minimum absolute atomic E-state index is 0.272. The van der Waals surface area contributed by atoms with Crippen LogP contribution in [0.3, 0.4) is 0 Å². The molecular formula is C16H19NO2S. The molecule has 106 valence electrons. The number of methoxy groups -OCH3 is 1. The van der Waals surface area contributed by atoms with Crippen molar-refractivity contribution in [2.45, 2.75) is 17.9 Å². The molecule has 0 bridgehead atoms. The van der Waals surface area contributed by atoms with Crippen LogP contribution in [0, 0.1) is 6.92 Å². The van der Waals surface area contributed by atoms with E-state index in [2.05, 4.69) is 0 Å². The topological polar surface area (TPSA) is 52.3 Å². The second-order valence-electron chi connectivity index (χ2n) is 4.71. The van der Waals surface area contributed by atoms with Gasteiger partial charge in [-0.05, 0) is 42.3 Å². The molecule has 0 heterocycles. The maximum Gasteiger partial charge on any atom is 0.119 e. The molecule has 0 aliphatic rings. The Morgan fingerprint density at radius 3 is 2.65 bits per heavy atom. The van der Waals surface area contributed by atoms with Crippen molar-refractivity contribution in [1.29, 1.82) is 0 Å². The van der Waals surface area contributed by atoms with E-state index < -0.39 is 10.8 Å². The summed E-state index contributed by atoms with van der Waals surface area (Å²) in [7, 11) is 0.522. The molecule has 2 rings (SSSR count). The number of hydrogen-bond acceptors (Lipinski definition) is 3. The standard InChI is InChI=1S/C16H19NO2S/c1-12-5-3-8-15(9-12)20(18)11-16(17)13-6-4-7-14(10-13)19-2/h3-10,16H,11,17H2,1-2H3. The number of nitrogens with two attached hydrogens (primary N) is 1. The normalized spacial score (nSPS) is 13.8. The van der Waals surface area contributed by atoms with Crippen LogP contribution < -0.4 is 10.5 Å². The highest BCUT2D eigenvalue weighted by molar-refractivity contribution is 7.85. The fraction of sp³-hybridized carbons (Fsp3) is 0.250. The van der Waals surface area contributed by atoms with Crippen molar-refractivity contribution in [3.8, 4) is 5.75 Å². The summed E-state index contributed by atoms with van der Waals surface area (Å²) >= 11 is 0. The molecule has 0 radical (unpaired) electrons. The van der Waals surface area contributed by atoms with Crippen LogP contribution in [0.15, 0.2) is 53.4 Å². The maximum atomic E-state index is 12.3. The average molecular weight is 289 g/mol. The lowest BCUT2D eigenvalue weighted by Crippen LogP contribution is -2.18. The van der Waals surface area contributed by atoms with E-state index in [-0.39, 0.29) is 6.04 Å². The van der Waals surface area contributed by atoms with Crippen molar-refractivity contribution in [3.63, 3.8) is 0 Å². The van der Waals surface area contributed by atoms with Gasteiger partial charge in [0.2, 0.25) is 0 Å². The van der Waals surface area contributed by atoms with E-state index in [9.17, 15) is 4.21 Å². The summed E-state index contributed by atoms with van der Waals surface area (Å²) in [5.41, 5.74) is 8.18. The first-order valence-electron chi connectivity index (χ1n) is 6.44. The number of rotatable bonds is 5. The fourth-order valence-electron chi connectivity index (χ4n) is 1.98. The quantitative estimate of drug-likeness (QED) is 0.921. The van der Waals surface area contributed by atoms with Gasteiger partial charge in [-0.3, -0.25) is 4.21 Å². The van der Waals surface area contributed by atoms with E-state index in [1.807, 2.05) is 55.5 Å². The van der Waals surface area contributed by atoms with Crippen LogP contribution in [0.25, 0.3) is 0 Å². The molecule has 3 nitrogen and oxygen atoms in total. The summed E-state index contributed by atoms with van der Waals surface area (Å²) < 4.78 is 17.5. The Labute approximate surface area is 122 Å². The Balaban J connectivity index is 2.10. The number of ether oxygens (including phenoxy) is 1. The van der Waals surface area contributed by atoms with Gasteiger partial charge in [0, 0.05) is 16.7 Å². The molecular weight excluding hydrogens is 270 g/mol. The van der Waals surface area contributed by atoms with Crippen LogP contribution in [-0.4, -0.2) is 17.1 Å². The molecule has 20 heavy (non-hydrogen) atoms. The Morgan fingerprint density at radius 2 is 1.95 bits per heavy atom. The fourth-order valence-corrected chi connectivity index (χ4v) is 3.24. The third kappa shape index (κ3) is 3.68. The van der Waals surface area contributed by atoms with Crippen LogP contribution >= 0.6 is 0 Å². The molecule has 0 spiro atoms. The molecule has 2 unspecified atom stereocenters. The van der Waals surface area contributed by atoms with Crippen LogP contribution in [0.5, 0.6) is 5.75 Å². The molecule has 2 aromatic carbocycles. The summed E-state index contributed by atoms with van der Waals surface area (Å²) in [4.78, 5) is 0.823. The summed E-state index contributed by atoms with van der Waals surface area (Å²) in [5, 5.41) is 0. The van der Waals surface area contributed by atoms with Crippen molar-refractivity contribution in [3.05, 3.63) is 59.7 Å². The molecule has 4 heteroatoms. The van der Waals surface area contributed by atoms with Crippen LogP contribution in [0.2, 0.25) is 0 Å². The zero-order valence-electron chi connectivity index (χ0n) is 11.7. The molecule has 0 aliphatic heterocycles. The average Bonchev–Trinajstić information content (AvgIpc) is 2.47. The first-order valence-corrected chi connectivity index (χ1v) is 7.76. The SMILES string of the molecule is COc1cccc(C(N)CS(=O)c2cccc(C)c2)c1.